The van der Waals surface area contributed by atoms with Gasteiger partial charge in [0.2, 0.25) is 4.90 Å². The van der Waals surface area contributed by atoms with Crippen LogP contribution >= 0.6 is 0 Å². The molecule has 3 rings (SSSR count). The maximum Gasteiger partial charge on any atom is 0.250 e. The van der Waals surface area contributed by atoms with Gasteiger partial charge in [-0.05, 0) is 72.2 Å². The predicted octanol–water partition coefficient (Wildman–Crippen LogP) is 6.68. The third-order valence-corrected chi connectivity index (χ3v) is 7.01. The van der Waals surface area contributed by atoms with Crippen LogP contribution in [-0.4, -0.2) is 24.3 Å². The molecular weight excluding hydrogens is 484 g/mol. The highest BCUT2D eigenvalue weighted by molar-refractivity contribution is 7.97. The standard InChI is InChI=1S/C27H33O3S.C4H8O2/c1-19(2)28-22-17-25(29-20(3)4)27(26(18-22)30-21(5)6)31(23-13-9-7-10-14-23)24-15-11-8-12-16-24;1-2-3-4(5)6/h7-21H,1-6H3;2-3H2,1H3,(H,5,6)/q+1;/p-1. The van der Waals surface area contributed by atoms with Crippen molar-refractivity contribution in [2.45, 2.75) is 94.3 Å². The second-order valence-electron chi connectivity index (χ2n) is 9.30. The Balaban J connectivity index is 0.000000717. The maximum absolute atomic E-state index is 9.49. The topological polar surface area (TPSA) is 67.8 Å². The van der Waals surface area contributed by atoms with Crippen LogP contribution in [0.2, 0.25) is 0 Å². The Hall–Kier alpha value is -3.12. The van der Waals surface area contributed by atoms with Crippen LogP contribution in [0.1, 0.15) is 61.3 Å². The monoisotopic (exact) mass is 524 g/mol. The molecule has 0 unspecified atom stereocenters. The first-order valence-electron chi connectivity index (χ1n) is 12.8. The first-order chi connectivity index (χ1) is 17.6. The molecule has 0 amide bonds. The minimum absolute atomic E-state index is 0.0250. The van der Waals surface area contributed by atoms with Crippen molar-refractivity contribution in [2.24, 2.45) is 0 Å². The molecule has 0 spiro atoms. The minimum atomic E-state index is -0.961. The molecule has 5 nitrogen and oxygen atoms in total. The van der Waals surface area contributed by atoms with Crippen molar-refractivity contribution in [3.8, 4) is 17.2 Å². The Bertz CT molecular complexity index is 1010. The highest BCUT2D eigenvalue weighted by Gasteiger charge is 2.37. The number of benzene rings is 3. The largest absolute Gasteiger partial charge is 0.550 e. The number of aliphatic carboxylic acids is 1. The van der Waals surface area contributed by atoms with Crippen molar-refractivity contribution in [1.29, 1.82) is 0 Å². The van der Waals surface area contributed by atoms with Crippen molar-refractivity contribution >= 4 is 16.9 Å². The van der Waals surface area contributed by atoms with E-state index in [1.807, 2.05) is 65.8 Å². The van der Waals surface area contributed by atoms with Gasteiger partial charge in [-0.2, -0.15) is 0 Å². The molecule has 0 saturated carbocycles. The summed E-state index contributed by atoms with van der Waals surface area (Å²) in [4.78, 5) is 13.0. The number of ether oxygens (including phenoxy) is 3. The zero-order valence-electron chi connectivity index (χ0n) is 23.0. The van der Waals surface area contributed by atoms with Gasteiger partial charge in [0.05, 0.1) is 18.3 Å². The molecule has 0 aliphatic heterocycles. The maximum atomic E-state index is 9.49. The lowest BCUT2D eigenvalue weighted by molar-refractivity contribution is -0.305. The van der Waals surface area contributed by atoms with Gasteiger partial charge in [0.1, 0.15) is 16.6 Å². The molecule has 0 radical (unpaired) electrons. The summed E-state index contributed by atoms with van der Waals surface area (Å²) >= 11 is 0. The van der Waals surface area contributed by atoms with Crippen LogP contribution < -0.4 is 19.3 Å². The van der Waals surface area contributed by atoms with Crippen LogP contribution in [0.4, 0.5) is 0 Å². The first-order valence-corrected chi connectivity index (χ1v) is 14.1. The van der Waals surface area contributed by atoms with Crippen LogP contribution in [0.25, 0.3) is 0 Å². The van der Waals surface area contributed by atoms with E-state index in [9.17, 15) is 9.90 Å². The van der Waals surface area contributed by atoms with Crippen molar-refractivity contribution in [2.75, 3.05) is 0 Å². The zero-order valence-corrected chi connectivity index (χ0v) is 23.8. The van der Waals surface area contributed by atoms with Crippen LogP contribution in [-0.2, 0) is 15.7 Å². The number of hydrogen-bond donors (Lipinski definition) is 0. The average Bonchev–Trinajstić information content (AvgIpc) is 2.81. The number of carboxylic acids is 1. The lowest BCUT2D eigenvalue weighted by Crippen LogP contribution is -2.20. The highest BCUT2D eigenvalue weighted by Crippen LogP contribution is 2.45. The van der Waals surface area contributed by atoms with Crippen LogP contribution in [0.3, 0.4) is 0 Å². The van der Waals surface area contributed by atoms with Crippen molar-refractivity contribution in [3.05, 3.63) is 72.8 Å². The van der Waals surface area contributed by atoms with E-state index < -0.39 is 16.9 Å². The third-order valence-electron chi connectivity index (χ3n) is 4.71. The van der Waals surface area contributed by atoms with Crippen LogP contribution in [0.15, 0.2) is 87.5 Å². The summed E-state index contributed by atoms with van der Waals surface area (Å²) in [7, 11) is -0.397. The summed E-state index contributed by atoms with van der Waals surface area (Å²) < 4.78 is 18.8. The molecule has 0 aliphatic rings. The van der Waals surface area contributed by atoms with Gasteiger partial charge < -0.3 is 24.1 Å². The summed E-state index contributed by atoms with van der Waals surface area (Å²) in [5.74, 6) is 1.41. The molecule has 0 N–H and O–H groups in total. The predicted molar refractivity (Wildman–Crippen MR) is 149 cm³/mol. The number of rotatable bonds is 11. The molecule has 200 valence electrons. The van der Waals surface area contributed by atoms with Gasteiger partial charge in [0, 0.05) is 18.1 Å². The van der Waals surface area contributed by atoms with Gasteiger partial charge >= 0.3 is 0 Å². The molecule has 0 aliphatic carbocycles. The average molecular weight is 525 g/mol. The normalized spacial score (nSPS) is 10.9. The molecular formula is C31H40O5S. The molecule has 0 saturated heterocycles. The lowest BCUT2D eigenvalue weighted by atomic mass is 10.2. The number of carbonyl (C=O) groups is 1. The van der Waals surface area contributed by atoms with Gasteiger partial charge in [-0.3, -0.25) is 0 Å². The SMILES string of the molecule is CC(C)Oc1cc(OC(C)C)c([S+](c2ccccc2)c2ccccc2)c(OC(C)C)c1.CCCC(=O)[O-]. The van der Waals surface area contributed by atoms with E-state index in [2.05, 4.69) is 48.5 Å². The molecule has 0 aromatic heterocycles. The minimum Gasteiger partial charge on any atom is -0.550 e. The Kier molecular flexibility index (Phi) is 12.4. The van der Waals surface area contributed by atoms with E-state index >= 15 is 0 Å². The second-order valence-corrected chi connectivity index (χ2v) is 11.3. The van der Waals surface area contributed by atoms with Crippen LogP contribution in [0.5, 0.6) is 17.2 Å². The number of carboxylic acid groups (broad SMARTS) is 1. The molecule has 0 atom stereocenters. The fourth-order valence-corrected chi connectivity index (χ4v) is 5.68. The van der Waals surface area contributed by atoms with Crippen molar-refractivity contribution in [3.63, 3.8) is 0 Å². The summed E-state index contributed by atoms with van der Waals surface area (Å²) in [6.45, 7) is 14.0. The number of carbonyl (C=O) groups excluding carboxylic acids is 1. The van der Waals surface area contributed by atoms with E-state index in [1.165, 1.54) is 9.79 Å². The van der Waals surface area contributed by atoms with Crippen LogP contribution in [0, 0.1) is 0 Å². The first kappa shape index (κ1) is 30.1. The van der Waals surface area contributed by atoms with Gasteiger partial charge in [-0.15, -0.1) is 0 Å². The van der Waals surface area contributed by atoms with Gasteiger partial charge in [-0.25, -0.2) is 0 Å². The van der Waals surface area contributed by atoms with Crippen molar-refractivity contribution < 1.29 is 24.1 Å². The summed E-state index contributed by atoms with van der Waals surface area (Å²) in [6, 6.07) is 25.1. The van der Waals surface area contributed by atoms with E-state index in [0.717, 1.165) is 22.1 Å². The fraction of sp³-hybridized carbons (Fsp3) is 0.387. The Morgan fingerprint density at radius 1 is 0.730 bits per heavy atom. The molecule has 3 aromatic carbocycles. The summed E-state index contributed by atoms with van der Waals surface area (Å²) in [5.41, 5.74) is 0. The lowest BCUT2D eigenvalue weighted by Gasteiger charge is -2.21. The smallest absolute Gasteiger partial charge is 0.250 e. The summed E-state index contributed by atoms with van der Waals surface area (Å²) in [6.07, 6.45) is 0.961. The van der Waals surface area contributed by atoms with E-state index in [-0.39, 0.29) is 24.7 Å². The van der Waals surface area contributed by atoms with Gasteiger partial charge in [-0.1, -0.05) is 49.7 Å². The summed E-state index contributed by atoms with van der Waals surface area (Å²) in [5, 5.41) is 9.49. The van der Waals surface area contributed by atoms with E-state index in [4.69, 9.17) is 14.2 Å². The molecule has 0 bridgehead atoms. The van der Waals surface area contributed by atoms with E-state index in [1.54, 1.807) is 6.92 Å². The molecule has 0 fully saturated rings. The second kappa shape index (κ2) is 15.2. The number of hydrogen-bond acceptors (Lipinski definition) is 5. The molecule has 3 aromatic rings. The Morgan fingerprint density at radius 3 is 1.43 bits per heavy atom. The van der Waals surface area contributed by atoms with Gasteiger partial charge in [0.15, 0.2) is 21.3 Å². The molecule has 6 heteroatoms. The molecule has 0 heterocycles. The quantitative estimate of drug-likeness (QED) is 0.262. The van der Waals surface area contributed by atoms with E-state index in [0.29, 0.717) is 6.42 Å². The van der Waals surface area contributed by atoms with Gasteiger partial charge in [0.25, 0.3) is 0 Å². The van der Waals surface area contributed by atoms with Crippen molar-refractivity contribution in [1.82, 2.24) is 0 Å². The Morgan fingerprint density at radius 2 is 1.14 bits per heavy atom. The third kappa shape index (κ3) is 10.0. The fourth-order valence-electron chi connectivity index (χ4n) is 3.47. The zero-order chi connectivity index (χ0) is 27.4. The highest BCUT2D eigenvalue weighted by atomic mass is 32.2. The molecule has 37 heavy (non-hydrogen) atoms. The Labute approximate surface area is 225 Å².